The van der Waals surface area contributed by atoms with Gasteiger partial charge >= 0.3 is 11.9 Å². The van der Waals surface area contributed by atoms with Crippen LogP contribution < -0.4 is 5.32 Å². The first-order valence-electron chi connectivity index (χ1n) is 4.05. The number of rotatable bonds is 5. The molecule has 0 saturated heterocycles. The highest BCUT2D eigenvalue weighted by atomic mass is 16.5. The summed E-state index contributed by atoms with van der Waals surface area (Å²) in [6.45, 7) is 4.75. The number of aliphatic carboxylic acids is 1. The zero-order chi connectivity index (χ0) is 10.4. The van der Waals surface area contributed by atoms with Crippen LogP contribution in [0.5, 0.6) is 0 Å². The van der Waals surface area contributed by atoms with E-state index in [4.69, 9.17) is 5.11 Å². The maximum Gasteiger partial charge on any atom is 0.324 e. The Bertz CT molecular complexity index is 191. The predicted octanol–water partition coefficient (Wildman–Crippen LogP) is 0.000700. The Morgan fingerprint density at radius 2 is 2.00 bits per heavy atom. The van der Waals surface area contributed by atoms with Gasteiger partial charge in [-0.3, -0.25) is 14.9 Å². The van der Waals surface area contributed by atoms with Crippen LogP contribution >= 0.6 is 0 Å². The maximum absolute atomic E-state index is 10.6. The summed E-state index contributed by atoms with van der Waals surface area (Å²) in [6, 6.07) is -0.791. The maximum atomic E-state index is 10.6. The minimum atomic E-state index is -1.02. The molecule has 0 amide bonds. The van der Waals surface area contributed by atoms with Gasteiger partial charge in [-0.25, -0.2) is 0 Å². The first-order chi connectivity index (χ1) is 5.93. The molecule has 0 bridgehead atoms. The first-order valence-corrected chi connectivity index (χ1v) is 4.05. The Balaban J connectivity index is 3.95. The third-order valence-electron chi connectivity index (χ3n) is 1.29. The summed E-state index contributed by atoms with van der Waals surface area (Å²) >= 11 is 0. The van der Waals surface area contributed by atoms with Crippen LogP contribution in [0.2, 0.25) is 0 Å². The van der Waals surface area contributed by atoms with Crippen molar-refractivity contribution in [3.05, 3.63) is 0 Å². The monoisotopic (exact) mass is 189 g/mol. The quantitative estimate of drug-likeness (QED) is 0.595. The third kappa shape index (κ3) is 6.10. The largest absolute Gasteiger partial charge is 0.480 e. The van der Waals surface area contributed by atoms with E-state index in [1.807, 2.05) is 13.8 Å². The van der Waals surface area contributed by atoms with E-state index in [1.54, 1.807) is 0 Å². The number of esters is 1. The van der Waals surface area contributed by atoms with Gasteiger partial charge < -0.3 is 9.84 Å². The fraction of sp³-hybridized carbons (Fsp3) is 0.750. The zero-order valence-corrected chi connectivity index (χ0v) is 8.03. The van der Waals surface area contributed by atoms with Gasteiger partial charge in [0.15, 0.2) is 0 Å². The molecule has 13 heavy (non-hydrogen) atoms. The summed E-state index contributed by atoms with van der Waals surface area (Å²) in [7, 11) is 0. The number of ether oxygens (including phenoxy) is 1. The molecule has 1 atom stereocenters. The van der Waals surface area contributed by atoms with Crippen molar-refractivity contribution in [1.29, 1.82) is 0 Å². The molecule has 0 aromatic rings. The van der Waals surface area contributed by atoms with Crippen molar-refractivity contribution >= 4 is 11.9 Å². The Hall–Kier alpha value is -1.10. The second kappa shape index (κ2) is 5.53. The van der Waals surface area contributed by atoms with Crippen molar-refractivity contribution in [3.63, 3.8) is 0 Å². The lowest BCUT2D eigenvalue weighted by Crippen LogP contribution is -2.44. The van der Waals surface area contributed by atoms with E-state index in [0.29, 0.717) is 0 Å². The molecule has 0 spiro atoms. The molecule has 76 valence electrons. The number of nitrogens with one attached hydrogen (secondary N) is 1. The highest BCUT2D eigenvalue weighted by Gasteiger charge is 2.18. The van der Waals surface area contributed by atoms with Crippen LogP contribution in [0.4, 0.5) is 0 Å². The summed E-state index contributed by atoms with van der Waals surface area (Å²) in [5.74, 6) is -1.49. The van der Waals surface area contributed by atoms with Crippen LogP contribution in [-0.4, -0.2) is 35.7 Å². The fourth-order valence-electron chi connectivity index (χ4n) is 0.794. The fourth-order valence-corrected chi connectivity index (χ4v) is 0.794. The van der Waals surface area contributed by atoms with Crippen LogP contribution in [0.15, 0.2) is 0 Å². The van der Waals surface area contributed by atoms with Crippen molar-refractivity contribution in [2.24, 2.45) is 0 Å². The molecule has 0 heterocycles. The van der Waals surface area contributed by atoms with E-state index < -0.39 is 18.0 Å². The van der Waals surface area contributed by atoms with E-state index >= 15 is 0 Å². The summed E-state index contributed by atoms with van der Waals surface area (Å²) in [6.07, 6.45) is 0. The standard InChI is InChI=1S/C8H15NO4/c1-5(2)9-7(8(11)12)4-13-6(3)10/h5,7,9H,4H2,1-3H3,(H,11,12). The Labute approximate surface area is 77.1 Å². The molecule has 5 nitrogen and oxygen atoms in total. The summed E-state index contributed by atoms with van der Waals surface area (Å²) in [5, 5.41) is 11.4. The van der Waals surface area contributed by atoms with E-state index in [1.165, 1.54) is 6.92 Å². The molecular weight excluding hydrogens is 174 g/mol. The van der Waals surface area contributed by atoms with E-state index in [-0.39, 0.29) is 12.6 Å². The number of carboxylic acids is 1. The average molecular weight is 189 g/mol. The minimum Gasteiger partial charge on any atom is -0.480 e. The Kier molecular flexibility index (Phi) is 5.06. The number of carbonyl (C=O) groups is 2. The molecular formula is C8H15NO4. The molecule has 0 radical (unpaired) electrons. The predicted molar refractivity (Wildman–Crippen MR) is 46.3 cm³/mol. The molecule has 0 fully saturated rings. The van der Waals surface area contributed by atoms with Crippen molar-refractivity contribution in [2.75, 3.05) is 6.61 Å². The van der Waals surface area contributed by atoms with Crippen LogP contribution in [0.3, 0.4) is 0 Å². The van der Waals surface area contributed by atoms with Crippen LogP contribution in [0.25, 0.3) is 0 Å². The highest BCUT2D eigenvalue weighted by Crippen LogP contribution is 1.90. The van der Waals surface area contributed by atoms with Gasteiger partial charge in [-0.15, -0.1) is 0 Å². The Morgan fingerprint density at radius 1 is 1.46 bits per heavy atom. The second-order valence-corrected chi connectivity index (χ2v) is 3.01. The number of carboxylic acid groups (broad SMARTS) is 1. The lowest BCUT2D eigenvalue weighted by Gasteiger charge is -2.16. The van der Waals surface area contributed by atoms with Crippen molar-refractivity contribution in [3.8, 4) is 0 Å². The molecule has 0 aromatic heterocycles. The first kappa shape index (κ1) is 11.9. The van der Waals surface area contributed by atoms with Gasteiger partial charge in [-0.2, -0.15) is 0 Å². The minimum absolute atomic E-state index is 0.0386. The second-order valence-electron chi connectivity index (χ2n) is 3.01. The van der Waals surface area contributed by atoms with Crippen LogP contribution in [0, 0.1) is 0 Å². The molecule has 2 N–H and O–H groups in total. The molecule has 0 aliphatic heterocycles. The van der Waals surface area contributed by atoms with Crippen LogP contribution in [-0.2, 0) is 14.3 Å². The van der Waals surface area contributed by atoms with Gasteiger partial charge in [0.1, 0.15) is 12.6 Å². The van der Waals surface area contributed by atoms with Crippen molar-refractivity contribution in [2.45, 2.75) is 32.9 Å². The normalized spacial score (nSPS) is 12.6. The highest BCUT2D eigenvalue weighted by molar-refractivity contribution is 5.74. The van der Waals surface area contributed by atoms with Gasteiger partial charge in [-0.05, 0) is 0 Å². The smallest absolute Gasteiger partial charge is 0.324 e. The zero-order valence-electron chi connectivity index (χ0n) is 8.03. The summed E-state index contributed by atoms with van der Waals surface area (Å²) < 4.78 is 4.58. The Morgan fingerprint density at radius 3 is 2.31 bits per heavy atom. The van der Waals surface area contributed by atoms with E-state index in [2.05, 4.69) is 10.1 Å². The van der Waals surface area contributed by atoms with Gasteiger partial charge in [0.05, 0.1) is 0 Å². The molecule has 0 saturated carbocycles. The molecule has 0 aliphatic rings. The summed E-state index contributed by atoms with van der Waals surface area (Å²) in [5.41, 5.74) is 0. The molecule has 0 rings (SSSR count). The lowest BCUT2D eigenvalue weighted by molar-refractivity contribution is -0.147. The van der Waals surface area contributed by atoms with Crippen LogP contribution in [0.1, 0.15) is 20.8 Å². The van der Waals surface area contributed by atoms with Gasteiger partial charge in [-0.1, -0.05) is 13.8 Å². The van der Waals surface area contributed by atoms with Crippen molar-refractivity contribution in [1.82, 2.24) is 5.32 Å². The number of carbonyl (C=O) groups excluding carboxylic acids is 1. The summed E-state index contributed by atoms with van der Waals surface area (Å²) in [4.78, 5) is 21.0. The van der Waals surface area contributed by atoms with Gasteiger partial charge in [0.25, 0.3) is 0 Å². The molecule has 5 heteroatoms. The lowest BCUT2D eigenvalue weighted by atomic mass is 10.2. The van der Waals surface area contributed by atoms with Crippen molar-refractivity contribution < 1.29 is 19.4 Å². The van der Waals surface area contributed by atoms with Gasteiger partial charge in [0, 0.05) is 13.0 Å². The average Bonchev–Trinajstić information content (AvgIpc) is 1.96. The molecule has 1 unspecified atom stereocenters. The molecule has 0 aromatic carbocycles. The van der Waals surface area contributed by atoms with E-state index in [0.717, 1.165) is 0 Å². The topological polar surface area (TPSA) is 75.6 Å². The van der Waals surface area contributed by atoms with E-state index in [9.17, 15) is 9.59 Å². The SMILES string of the molecule is CC(=O)OCC(NC(C)C)C(=O)O. The third-order valence-corrected chi connectivity index (χ3v) is 1.29. The number of hydrogen-bond donors (Lipinski definition) is 2. The van der Waals surface area contributed by atoms with Gasteiger partial charge in [0.2, 0.25) is 0 Å². The molecule has 0 aliphatic carbocycles. The number of hydrogen-bond acceptors (Lipinski definition) is 4.